The number of carbonyl (C=O) groups excluding carboxylic acids is 1. The van der Waals surface area contributed by atoms with Gasteiger partial charge in [-0.3, -0.25) is 9.59 Å². The van der Waals surface area contributed by atoms with Gasteiger partial charge in [0.25, 0.3) is 0 Å². The first-order valence-corrected chi connectivity index (χ1v) is 10.4. The Hall–Kier alpha value is -3.44. The van der Waals surface area contributed by atoms with E-state index in [1.54, 1.807) is 0 Å². The number of fused-ring (bicyclic) bond motifs is 3. The van der Waals surface area contributed by atoms with Gasteiger partial charge in [-0.15, -0.1) is 0 Å². The van der Waals surface area contributed by atoms with Gasteiger partial charge in [0, 0.05) is 18.4 Å². The summed E-state index contributed by atoms with van der Waals surface area (Å²) >= 11 is 0. The van der Waals surface area contributed by atoms with Crippen molar-refractivity contribution in [3.63, 3.8) is 0 Å². The van der Waals surface area contributed by atoms with Crippen LogP contribution >= 0.6 is 0 Å². The Morgan fingerprint density at radius 3 is 2.00 bits per heavy atom. The highest BCUT2D eigenvalue weighted by Gasteiger charge is 2.33. The third-order valence-electron chi connectivity index (χ3n) is 5.89. The molecule has 31 heavy (non-hydrogen) atoms. The number of hydrogen-bond donors (Lipinski definition) is 2. The molecule has 158 valence electrons. The van der Waals surface area contributed by atoms with Crippen molar-refractivity contribution in [1.82, 2.24) is 0 Å². The van der Waals surface area contributed by atoms with Crippen molar-refractivity contribution in [2.75, 3.05) is 6.61 Å². The summed E-state index contributed by atoms with van der Waals surface area (Å²) in [5.41, 5.74) is 11.6. The highest BCUT2D eigenvalue weighted by Crippen LogP contribution is 2.44. The molecular formula is C26H25NO4. The van der Waals surface area contributed by atoms with Crippen molar-refractivity contribution in [1.29, 1.82) is 0 Å². The standard InChI is InChI=1S/C26H25NO4/c27-23(14-15-24(28)29)25(17-8-2-1-3-9-17)26(30)31-16-22-20-12-6-4-10-18(20)19-11-5-7-13-21(19)22/h1-13,22-23,25H,14-16,27H2,(H,28,29)/t23-,25?/m1/s1. The van der Waals surface area contributed by atoms with Crippen molar-refractivity contribution >= 4 is 11.9 Å². The van der Waals surface area contributed by atoms with Crippen LogP contribution in [-0.4, -0.2) is 29.7 Å². The van der Waals surface area contributed by atoms with E-state index in [-0.39, 0.29) is 25.4 Å². The molecule has 0 heterocycles. The van der Waals surface area contributed by atoms with Gasteiger partial charge in [-0.1, -0.05) is 78.9 Å². The quantitative estimate of drug-likeness (QED) is 0.535. The van der Waals surface area contributed by atoms with E-state index in [4.69, 9.17) is 15.6 Å². The molecule has 0 saturated heterocycles. The Bertz CT molecular complexity index is 1030. The van der Waals surface area contributed by atoms with Crippen LogP contribution in [0.1, 0.15) is 41.4 Å². The Morgan fingerprint density at radius 2 is 1.42 bits per heavy atom. The van der Waals surface area contributed by atoms with Crippen LogP contribution < -0.4 is 5.73 Å². The lowest BCUT2D eigenvalue weighted by atomic mass is 9.89. The zero-order valence-electron chi connectivity index (χ0n) is 17.1. The Kier molecular flexibility index (Phi) is 6.14. The van der Waals surface area contributed by atoms with Gasteiger partial charge in [0.1, 0.15) is 6.61 Å². The van der Waals surface area contributed by atoms with Gasteiger partial charge in [0.15, 0.2) is 0 Å². The maximum Gasteiger partial charge on any atom is 0.315 e. The van der Waals surface area contributed by atoms with Crippen molar-refractivity contribution in [3.8, 4) is 11.1 Å². The van der Waals surface area contributed by atoms with Crippen molar-refractivity contribution in [3.05, 3.63) is 95.6 Å². The van der Waals surface area contributed by atoms with Crippen LogP contribution in [0, 0.1) is 0 Å². The maximum absolute atomic E-state index is 13.2. The average molecular weight is 415 g/mol. The molecule has 0 fully saturated rings. The summed E-state index contributed by atoms with van der Waals surface area (Å²) in [7, 11) is 0. The van der Waals surface area contributed by atoms with E-state index in [0.29, 0.717) is 0 Å². The zero-order chi connectivity index (χ0) is 21.8. The lowest BCUT2D eigenvalue weighted by Gasteiger charge is -2.24. The number of esters is 1. The molecule has 1 unspecified atom stereocenters. The highest BCUT2D eigenvalue weighted by atomic mass is 16.5. The molecule has 5 heteroatoms. The summed E-state index contributed by atoms with van der Waals surface area (Å²) in [5.74, 6) is -2.11. The third kappa shape index (κ3) is 4.37. The maximum atomic E-state index is 13.2. The topological polar surface area (TPSA) is 89.6 Å². The molecule has 4 rings (SSSR count). The molecule has 2 atom stereocenters. The molecule has 0 aliphatic heterocycles. The van der Waals surface area contributed by atoms with Crippen LogP contribution in [0.5, 0.6) is 0 Å². The number of carbonyl (C=O) groups is 2. The van der Waals surface area contributed by atoms with Gasteiger partial charge in [-0.05, 0) is 34.2 Å². The monoisotopic (exact) mass is 415 g/mol. The number of carboxylic acids is 1. The molecule has 0 aromatic heterocycles. The van der Waals surface area contributed by atoms with Gasteiger partial charge in [-0.2, -0.15) is 0 Å². The molecule has 0 bridgehead atoms. The molecule has 5 nitrogen and oxygen atoms in total. The van der Waals surface area contributed by atoms with E-state index in [0.717, 1.165) is 27.8 Å². The van der Waals surface area contributed by atoms with Crippen LogP contribution in [0.2, 0.25) is 0 Å². The second kappa shape index (κ2) is 9.14. The van der Waals surface area contributed by atoms with Crippen molar-refractivity contribution in [2.24, 2.45) is 5.73 Å². The lowest BCUT2D eigenvalue weighted by Crippen LogP contribution is -2.35. The molecular weight excluding hydrogens is 390 g/mol. The fraction of sp³-hybridized carbons (Fsp3) is 0.231. The first-order chi connectivity index (χ1) is 15.1. The van der Waals surface area contributed by atoms with Crippen LogP contribution in [0.15, 0.2) is 78.9 Å². The SMILES string of the molecule is N[C@H](CCC(=O)O)C(C(=O)OCC1c2ccccc2-c2ccccc21)c1ccccc1. The fourth-order valence-electron chi connectivity index (χ4n) is 4.37. The van der Waals surface area contributed by atoms with Crippen molar-refractivity contribution < 1.29 is 19.4 Å². The molecule has 0 amide bonds. The second-order valence-electron chi connectivity index (χ2n) is 7.84. The Balaban J connectivity index is 1.55. The molecule has 0 spiro atoms. The summed E-state index contributed by atoms with van der Waals surface area (Å²) in [6.45, 7) is 0.210. The van der Waals surface area contributed by atoms with E-state index in [1.807, 2.05) is 54.6 Å². The third-order valence-corrected chi connectivity index (χ3v) is 5.89. The number of hydrogen-bond acceptors (Lipinski definition) is 4. The zero-order valence-corrected chi connectivity index (χ0v) is 17.1. The second-order valence-corrected chi connectivity index (χ2v) is 7.84. The number of rotatable bonds is 8. The largest absolute Gasteiger partial charge is 0.481 e. The van der Waals surface area contributed by atoms with Gasteiger partial charge in [0.05, 0.1) is 5.92 Å². The number of carboxylic acid groups (broad SMARTS) is 1. The predicted octanol–water partition coefficient (Wildman–Crippen LogP) is 4.32. The molecule has 3 aromatic carbocycles. The van der Waals surface area contributed by atoms with Gasteiger partial charge in [0.2, 0.25) is 0 Å². The summed E-state index contributed by atoms with van der Waals surface area (Å²) in [4.78, 5) is 24.2. The summed E-state index contributed by atoms with van der Waals surface area (Å²) in [6.07, 6.45) is 0.0975. The van der Waals surface area contributed by atoms with E-state index < -0.39 is 23.9 Å². The molecule has 1 aliphatic carbocycles. The summed E-state index contributed by atoms with van der Waals surface area (Å²) in [6, 6.07) is 24.9. The molecule has 0 radical (unpaired) electrons. The first-order valence-electron chi connectivity index (χ1n) is 10.4. The normalized spacial score (nSPS) is 14.4. The minimum Gasteiger partial charge on any atom is -0.481 e. The highest BCUT2D eigenvalue weighted by molar-refractivity contribution is 5.81. The minimum atomic E-state index is -0.935. The van der Waals surface area contributed by atoms with Gasteiger partial charge in [-0.25, -0.2) is 0 Å². The van der Waals surface area contributed by atoms with Crippen LogP contribution in [0.3, 0.4) is 0 Å². The van der Waals surface area contributed by atoms with Gasteiger partial charge >= 0.3 is 11.9 Å². The number of ether oxygens (including phenoxy) is 1. The molecule has 1 aliphatic rings. The smallest absolute Gasteiger partial charge is 0.315 e. The van der Waals surface area contributed by atoms with Crippen LogP contribution in [0.4, 0.5) is 0 Å². The van der Waals surface area contributed by atoms with Crippen LogP contribution in [-0.2, 0) is 14.3 Å². The van der Waals surface area contributed by atoms with Gasteiger partial charge < -0.3 is 15.6 Å². The fourth-order valence-corrected chi connectivity index (χ4v) is 4.37. The molecule has 3 N–H and O–H groups in total. The van der Waals surface area contributed by atoms with E-state index in [1.165, 1.54) is 0 Å². The summed E-state index contributed by atoms with van der Waals surface area (Å²) < 4.78 is 5.82. The van der Waals surface area contributed by atoms with E-state index in [9.17, 15) is 9.59 Å². The first kappa shape index (κ1) is 20.8. The molecule has 0 saturated carbocycles. The number of nitrogens with two attached hydrogens (primary N) is 1. The lowest BCUT2D eigenvalue weighted by molar-refractivity contribution is -0.147. The average Bonchev–Trinajstić information content (AvgIpc) is 3.11. The summed E-state index contributed by atoms with van der Waals surface area (Å²) in [5, 5.41) is 9.01. The van der Waals surface area contributed by atoms with E-state index >= 15 is 0 Å². The number of benzene rings is 3. The van der Waals surface area contributed by atoms with Crippen LogP contribution in [0.25, 0.3) is 11.1 Å². The Labute approximate surface area is 181 Å². The predicted molar refractivity (Wildman–Crippen MR) is 119 cm³/mol. The van der Waals surface area contributed by atoms with Crippen molar-refractivity contribution in [2.45, 2.75) is 30.7 Å². The molecule has 3 aromatic rings. The Morgan fingerprint density at radius 1 is 0.871 bits per heavy atom. The van der Waals surface area contributed by atoms with E-state index in [2.05, 4.69) is 24.3 Å². The minimum absolute atomic E-state index is 0.0389. The number of aliphatic carboxylic acids is 1.